The first-order valence-electron chi connectivity index (χ1n) is 7.07. The number of hydrogen-bond donors (Lipinski definition) is 2. The van der Waals surface area contributed by atoms with E-state index in [4.69, 9.17) is 0 Å². The number of nitrogens with zero attached hydrogens (tertiary/aromatic N) is 1. The highest BCUT2D eigenvalue weighted by Gasteiger charge is 2.10. The van der Waals surface area contributed by atoms with E-state index in [1.165, 1.54) is 38.5 Å². The molecule has 0 radical (unpaired) electrons. The zero-order valence-corrected chi connectivity index (χ0v) is 11.1. The molecule has 1 aliphatic carbocycles. The molecule has 0 bridgehead atoms. The summed E-state index contributed by atoms with van der Waals surface area (Å²) >= 11 is 0. The van der Waals surface area contributed by atoms with Crippen LogP contribution in [-0.2, 0) is 0 Å². The van der Waals surface area contributed by atoms with Crippen LogP contribution in [0.4, 0.5) is 0 Å². The molecule has 0 amide bonds. The zero-order chi connectivity index (χ0) is 11.6. The Morgan fingerprint density at radius 2 is 1.62 bits per heavy atom. The van der Waals surface area contributed by atoms with E-state index in [0.717, 1.165) is 26.2 Å². The van der Waals surface area contributed by atoms with Crippen molar-refractivity contribution in [2.24, 2.45) is 0 Å². The number of hydrogen-bond acceptors (Lipinski definition) is 3. The van der Waals surface area contributed by atoms with E-state index in [1.807, 2.05) is 0 Å². The molecule has 0 aromatic heterocycles. The van der Waals surface area contributed by atoms with Crippen molar-refractivity contribution in [2.45, 2.75) is 58.4 Å². The van der Waals surface area contributed by atoms with Gasteiger partial charge >= 0.3 is 0 Å². The average Bonchev–Trinajstić information content (AvgIpc) is 2.58. The van der Waals surface area contributed by atoms with Crippen molar-refractivity contribution in [1.82, 2.24) is 15.8 Å². The van der Waals surface area contributed by atoms with Gasteiger partial charge in [0.15, 0.2) is 0 Å². The number of nitrogens with one attached hydrogen (secondary N) is 2. The Labute approximate surface area is 101 Å². The molecule has 0 heterocycles. The van der Waals surface area contributed by atoms with Gasteiger partial charge in [0.25, 0.3) is 0 Å². The van der Waals surface area contributed by atoms with E-state index >= 15 is 0 Å². The van der Waals surface area contributed by atoms with E-state index in [9.17, 15) is 0 Å². The molecule has 0 aromatic carbocycles. The summed E-state index contributed by atoms with van der Waals surface area (Å²) in [5, 5.41) is 0. The van der Waals surface area contributed by atoms with Crippen molar-refractivity contribution in [3.05, 3.63) is 0 Å². The quantitative estimate of drug-likeness (QED) is 0.396. The smallest absolute Gasteiger partial charge is 0.0228 e. The second-order valence-electron chi connectivity index (χ2n) is 4.79. The summed E-state index contributed by atoms with van der Waals surface area (Å²) in [5.74, 6) is 0. The van der Waals surface area contributed by atoms with Gasteiger partial charge in [0.2, 0.25) is 0 Å². The Bertz CT molecular complexity index is 149. The number of likely N-dealkylation sites (N-methyl/N-ethyl adjacent to an activating group) is 1. The average molecular weight is 227 g/mol. The third-order valence-corrected chi connectivity index (χ3v) is 3.61. The molecule has 0 spiro atoms. The lowest BCUT2D eigenvalue weighted by Gasteiger charge is -2.21. The Morgan fingerprint density at radius 3 is 2.19 bits per heavy atom. The van der Waals surface area contributed by atoms with Crippen LogP contribution in [0.1, 0.15) is 52.4 Å². The largest absolute Gasteiger partial charge is 0.303 e. The first-order chi connectivity index (χ1) is 7.86. The summed E-state index contributed by atoms with van der Waals surface area (Å²) in [7, 11) is 0. The summed E-state index contributed by atoms with van der Waals surface area (Å²) in [5.41, 5.74) is 6.88. The van der Waals surface area contributed by atoms with Crippen molar-refractivity contribution in [1.29, 1.82) is 0 Å². The molecular formula is C13H29N3. The normalized spacial score (nSPS) is 18.9. The molecule has 3 nitrogen and oxygen atoms in total. The highest BCUT2D eigenvalue weighted by Crippen LogP contribution is 2.16. The molecular weight excluding hydrogens is 198 g/mol. The summed E-state index contributed by atoms with van der Waals surface area (Å²) in [6, 6.07) is 0.708. The summed E-state index contributed by atoms with van der Waals surface area (Å²) in [6.07, 6.45) is 8.34. The lowest BCUT2D eigenvalue weighted by atomic mass is 10.1. The molecule has 1 aliphatic rings. The van der Waals surface area contributed by atoms with Crippen molar-refractivity contribution in [3.63, 3.8) is 0 Å². The second-order valence-corrected chi connectivity index (χ2v) is 4.79. The maximum absolute atomic E-state index is 3.49. The van der Waals surface area contributed by atoms with Gasteiger partial charge in [0.05, 0.1) is 0 Å². The molecule has 0 unspecified atom stereocenters. The van der Waals surface area contributed by atoms with Crippen LogP contribution in [0.2, 0.25) is 0 Å². The van der Waals surface area contributed by atoms with Crippen molar-refractivity contribution < 1.29 is 0 Å². The minimum atomic E-state index is 0.708. The minimum Gasteiger partial charge on any atom is -0.303 e. The number of rotatable bonds is 7. The fourth-order valence-electron chi connectivity index (χ4n) is 2.39. The van der Waals surface area contributed by atoms with Crippen LogP contribution in [0.15, 0.2) is 0 Å². The van der Waals surface area contributed by atoms with E-state index in [1.54, 1.807) is 0 Å². The maximum atomic E-state index is 3.49. The van der Waals surface area contributed by atoms with Crippen LogP contribution in [0.5, 0.6) is 0 Å². The summed E-state index contributed by atoms with van der Waals surface area (Å²) in [4.78, 5) is 2.45. The van der Waals surface area contributed by atoms with Crippen LogP contribution in [0.25, 0.3) is 0 Å². The highest BCUT2D eigenvalue weighted by atomic mass is 15.4. The molecule has 1 fully saturated rings. The molecule has 0 saturated heterocycles. The van der Waals surface area contributed by atoms with Gasteiger partial charge in [-0.25, -0.2) is 0 Å². The second kappa shape index (κ2) is 8.97. The van der Waals surface area contributed by atoms with Gasteiger partial charge in [-0.2, -0.15) is 0 Å². The van der Waals surface area contributed by atoms with Crippen LogP contribution in [-0.4, -0.2) is 37.1 Å². The molecule has 0 aliphatic heterocycles. The first-order valence-corrected chi connectivity index (χ1v) is 7.07. The molecule has 2 N–H and O–H groups in total. The van der Waals surface area contributed by atoms with Gasteiger partial charge in [0.1, 0.15) is 0 Å². The van der Waals surface area contributed by atoms with Crippen molar-refractivity contribution in [3.8, 4) is 0 Å². The molecule has 0 aromatic rings. The fraction of sp³-hybridized carbons (Fsp3) is 1.00. The third kappa shape index (κ3) is 5.83. The van der Waals surface area contributed by atoms with E-state index in [-0.39, 0.29) is 0 Å². The Kier molecular flexibility index (Phi) is 7.81. The van der Waals surface area contributed by atoms with Gasteiger partial charge in [0, 0.05) is 19.1 Å². The third-order valence-electron chi connectivity index (χ3n) is 3.61. The van der Waals surface area contributed by atoms with Crippen LogP contribution in [0.3, 0.4) is 0 Å². The van der Waals surface area contributed by atoms with Crippen molar-refractivity contribution in [2.75, 3.05) is 26.2 Å². The van der Waals surface area contributed by atoms with Gasteiger partial charge < -0.3 is 4.90 Å². The van der Waals surface area contributed by atoms with E-state index in [0.29, 0.717) is 6.04 Å². The van der Waals surface area contributed by atoms with Crippen LogP contribution < -0.4 is 10.9 Å². The predicted molar refractivity (Wildman–Crippen MR) is 70.4 cm³/mol. The molecule has 3 heteroatoms. The van der Waals surface area contributed by atoms with E-state index in [2.05, 4.69) is 29.6 Å². The van der Waals surface area contributed by atoms with Gasteiger partial charge in [-0.05, 0) is 25.9 Å². The minimum absolute atomic E-state index is 0.708. The first kappa shape index (κ1) is 13.9. The van der Waals surface area contributed by atoms with Gasteiger partial charge in [-0.15, -0.1) is 0 Å². The molecule has 1 saturated carbocycles. The summed E-state index contributed by atoms with van der Waals surface area (Å²) in [6.45, 7) is 8.96. The molecule has 16 heavy (non-hydrogen) atoms. The Morgan fingerprint density at radius 1 is 1.00 bits per heavy atom. The molecule has 1 rings (SSSR count). The van der Waals surface area contributed by atoms with Crippen LogP contribution in [0, 0.1) is 0 Å². The van der Waals surface area contributed by atoms with E-state index < -0.39 is 0 Å². The van der Waals surface area contributed by atoms with Gasteiger partial charge in [-0.3, -0.25) is 10.9 Å². The lowest BCUT2D eigenvalue weighted by molar-refractivity contribution is 0.286. The maximum Gasteiger partial charge on any atom is 0.0228 e. The SMILES string of the molecule is CCN(CC)CCNNC1CCCCCC1. The molecule has 96 valence electrons. The molecule has 0 atom stereocenters. The predicted octanol–water partition coefficient (Wildman–Crippen LogP) is 2.15. The van der Waals surface area contributed by atoms with Crippen LogP contribution >= 0.6 is 0 Å². The Hall–Kier alpha value is -0.120. The van der Waals surface area contributed by atoms with Gasteiger partial charge in [-0.1, -0.05) is 39.5 Å². The Balaban J connectivity index is 2.00. The lowest BCUT2D eigenvalue weighted by Crippen LogP contribution is -2.44. The zero-order valence-electron chi connectivity index (χ0n) is 11.1. The summed E-state index contributed by atoms with van der Waals surface area (Å²) < 4.78 is 0. The standard InChI is InChI=1S/C13H29N3/c1-3-16(4-2)12-11-14-15-13-9-7-5-6-8-10-13/h13-15H,3-12H2,1-2H3. The van der Waals surface area contributed by atoms with Crippen molar-refractivity contribution >= 4 is 0 Å². The topological polar surface area (TPSA) is 27.3 Å². The highest BCUT2D eigenvalue weighted by molar-refractivity contribution is 4.68. The monoisotopic (exact) mass is 227 g/mol. The fourth-order valence-corrected chi connectivity index (χ4v) is 2.39. The number of hydrazine groups is 1.